The van der Waals surface area contributed by atoms with Crippen molar-refractivity contribution in [3.8, 4) is 11.7 Å². The van der Waals surface area contributed by atoms with Crippen LogP contribution in [0, 0.1) is 0 Å². The highest BCUT2D eigenvalue weighted by Gasteiger charge is 2.15. The largest absolute Gasteiger partial charge is 0.709 e. The Morgan fingerprint density at radius 1 is 1.29 bits per heavy atom. The molecule has 1 heterocycles. The van der Waals surface area contributed by atoms with Crippen molar-refractivity contribution in [1.82, 2.24) is 0 Å². The van der Waals surface area contributed by atoms with E-state index in [1.54, 1.807) is 12.1 Å². The third-order valence-electron chi connectivity index (χ3n) is 2.16. The maximum atomic E-state index is 8.65. The Bertz CT molecular complexity index is 494. The van der Waals surface area contributed by atoms with Crippen molar-refractivity contribution in [2.45, 2.75) is 13.3 Å². The summed E-state index contributed by atoms with van der Waals surface area (Å²) in [5.41, 5.74) is 0.578. The molecule has 0 amide bonds. The first kappa shape index (κ1) is 11.8. The zero-order chi connectivity index (χ0) is 12.3. The van der Waals surface area contributed by atoms with Crippen LogP contribution >= 0.6 is 0 Å². The molecule has 0 spiro atoms. The Hall–Kier alpha value is -1.66. The van der Waals surface area contributed by atoms with Crippen LogP contribution in [0.15, 0.2) is 28.7 Å². The standard InChI is InChI=1S/C11H13BO5/c1-2-5-15-9-4-3-8-6-11(17-12(13)14)16-10(8)7-9/h3-4,6-7,13-14H,2,5H2,1H3. The summed E-state index contributed by atoms with van der Waals surface area (Å²) in [5.74, 6) is 0.771. The SMILES string of the molecule is CCCOc1ccc2cc(OB(O)O)oc2c1. The quantitative estimate of drug-likeness (QED) is 0.771. The molecule has 17 heavy (non-hydrogen) atoms. The molecule has 2 aromatic rings. The predicted molar refractivity (Wildman–Crippen MR) is 62.8 cm³/mol. The van der Waals surface area contributed by atoms with E-state index in [1.165, 1.54) is 0 Å². The van der Waals surface area contributed by atoms with E-state index in [9.17, 15) is 0 Å². The van der Waals surface area contributed by atoms with Gasteiger partial charge in [0, 0.05) is 17.5 Å². The lowest BCUT2D eigenvalue weighted by atomic mass is 10.2. The Morgan fingerprint density at radius 3 is 2.82 bits per heavy atom. The van der Waals surface area contributed by atoms with E-state index in [-0.39, 0.29) is 5.95 Å². The molecule has 0 aliphatic rings. The van der Waals surface area contributed by atoms with Gasteiger partial charge in [-0.3, -0.25) is 0 Å². The van der Waals surface area contributed by atoms with Crippen molar-refractivity contribution in [1.29, 1.82) is 0 Å². The van der Waals surface area contributed by atoms with E-state index in [1.807, 2.05) is 19.1 Å². The highest BCUT2D eigenvalue weighted by molar-refractivity contribution is 6.33. The highest BCUT2D eigenvalue weighted by Crippen LogP contribution is 2.28. The molecule has 0 aliphatic heterocycles. The van der Waals surface area contributed by atoms with Crippen LogP contribution in [0.25, 0.3) is 11.0 Å². The van der Waals surface area contributed by atoms with Crippen molar-refractivity contribution in [2.24, 2.45) is 0 Å². The number of hydrogen-bond donors (Lipinski definition) is 2. The lowest BCUT2D eigenvalue weighted by Crippen LogP contribution is -2.20. The van der Waals surface area contributed by atoms with Gasteiger partial charge in [-0.2, -0.15) is 0 Å². The van der Waals surface area contributed by atoms with Gasteiger partial charge < -0.3 is 23.9 Å². The van der Waals surface area contributed by atoms with Crippen molar-refractivity contribution in [3.05, 3.63) is 24.3 Å². The van der Waals surface area contributed by atoms with E-state index < -0.39 is 7.32 Å². The second kappa shape index (κ2) is 5.12. The summed E-state index contributed by atoms with van der Waals surface area (Å²) < 4.78 is 15.4. The maximum Gasteiger partial charge on any atom is 0.709 e. The van der Waals surface area contributed by atoms with Crippen LogP contribution in [-0.4, -0.2) is 24.0 Å². The normalized spacial score (nSPS) is 10.5. The molecular weight excluding hydrogens is 223 g/mol. The third-order valence-corrected chi connectivity index (χ3v) is 2.16. The van der Waals surface area contributed by atoms with Crippen LogP contribution < -0.4 is 9.39 Å². The Balaban J connectivity index is 2.21. The van der Waals surface area contributed by atoms with Gasteiger partial charge in [-0.15, -0.1) is 0 Å². The summed E-state index contributed by atoms with van der Waals surface area (Å²) in [4.78, 5) is 0. The molecule has 0 saturated carbocycles. The Labute approximate surface area is 98.7 Å². The van der Waals surface area contributed by atoms with Gasteiger partial charge in [-0.25, -0.2) is 0 Å². The van der Waals surface area contributed by atoms with E-state index in [4.69, 9.17) is 19.2 Å². The summed E-state index contributed by atoms with van der Waals surface area (Å²) in [7, 11) is -1.88. The highest BCUT2D eigenvalue weighted by atomic mass is 16.7. The topological polar surface area (TPSA) is 72.1 Å². The monoisotopic (exact) mass is 236 g/mol. The average Bonchev–Trinajstić information content (AvgIpc) is 2.66. The first-order chi connectivity index (χ1) is 8.19. The molecule has 0 aliphatic carbocycles. The Morgan fingerprint density at radius 2 is 2.12 bits per heavy atom. The molecule has 5 nitrogen and oxygen atoms in total. The van der Waals surface area contributed by atoms with Gasteiger partial charge in [0.25, 0.3) is 5.95 Å². The molecule has 0 bridgehead atoms. The first-order valence-corrected chi connectivity index (χ1v) is 5.38. The molecular formula is C11H13BO5. The summed E-state index contributed by atoms with van der Waals surface area (Å²) in [6.45, 7) is 2.67. The van der Waals surface area contributed by atoms with E-state index in [0.717, 1.165) is 11.8 Å². The number of hydrogen-bond acceptors (Lipinski definition) is 5. The first-order valence-electron chi connectivity index (χ1n) is 5.38. The van der Waals surface area contributed by atoms with Gasteiger partial charge in [0.2, 0.25) is 0 Å². The fourth-order valence-corrected chi connectivity index (χ4v) is 1.46. The molecule has 0 radical (unpaired) electrons. The minimum absolute atomic E-state index is 0.0580. The van der Waals surface area contributed by atoms with Crippen LogP contribution in [0.4, 0.5) is 0 Å². The van der Waals surface area contributed by atoms with Crippen LogP contribution in [0.5, 0.6) is 11.7 Å². The lowest BCUT2D eigenvalue weighted by Gasteiger charge is -2.02. The van der Waals surface area contributed by atoms with Crippen LogP contribution in [0.3, 0.4) is 0 Å². The number of rotatable bonds is 5. The van der Waals surface area contributed by atoms with Gasteiger partial charge in [-0.05, 0) is 18.6 Å². The summed E-state index contributed by atoms with van der Waals surface area (Å²) >= 11 is 0. The zero-order valence-corrected chi connectivity index (χ0v) is 9.42. The summed E-state index contributed by atoms with van der Waals surface area (Å²) in [5, 5.41) is 18.1. The van der Waals surface area contributed by atoms with E-state index in [0.29, 0.717) is 17.9 Å². The van der Waals surface area contributed by atoms with Gasteiger partial charge in [0.05, 0.1) is 6.61 Å². The third kappa shape index (κ3) is 2.92. The molecule has 0 fully saturated rings. The molecule has 2 rings (SSSR count). The number of benzene rings is 1. The van der Waals surface area contributed by atoms with Gasteiger partial charge >= 0.3 is 7.32 Å². The predicted octanol–water partition coefficient (Wildman–Crippen LogP) is 1.57. The zero-order valence-electron chi connectivity index (χ0n) is 9.42. The summed E-state index contributed by atoms with van der Waals surface area (Å²) in [6.07, 6.45) is 0.932. The fraction of sp³-hybridized carbons (Fsp3) is 0.273. The van der Waals surface area contributed by atoms with E-state index in [2.05, 4.69) is 4.65 Å². The molecule has 0 saturated heterocycles. The van der Waals surface area contributed by atoms with Gasteiger partial charge in [-0.1, -0.05) is 6.92 Å². The maximum absolute atomic E-state index is 8.65. The minimum Gasteiger partial charge on any atom is -0.493 e. The lowest BCUT2D eigenvalue weighted by molar-refractivity contribution is 0.257. The van der Waals surface area contributed by atoms with Crippen LogP contribution in [0.1, 0.15) is 13.3 Å². The van der Waals surface area contributed by atoms with Crippen molar-refractivity contribution in [2.75, 3.05) is 6.61 Å². The molecule has 6 heteroatoms. The molecule has 0 atom stereocenters. The molecule has 2 N–H and O–H groups in total. The average molecular weight is 236 g/mol. The van der Waals surface area contributed by atoms with Gasteiger partial charge in [0.1, 0.15) is 11.3 Å². The fourth-order valence-electron chi connectivity index (χ4n) is 1.46. The molecule has 90 valence electrons. The number of fused-ring (bicyclic) bond motifs is 1. The second-order valence-electron chi connectivity index (χ2n) is 3.56. The minimum atomic E-state index is -1.88. The number of ether oxygens (including phenoxy) is 1. The molecule has 0 unspecified atom stereocenters. The van der Waals surface area contributed by atoms with Crippen molar-refractivity contribution in [3.63, 3.8) is 0 Å². The van der Waals surface area contributed by atoms with Crippen molar-refractivity contribution >= 4 is 18.3 Å². The number of furan rings is 1. The second-order valence-corrected chi connectivity index (χ2v) is 3.56. The van der Waals surface area contributed by atoms with Crippen LogP contribution in [-0.2, 0) is 0 Å². The van der Waals surface area contributed by atoms with Crippen LogP contribution in [0.2, 0.25) is 0 Å². The molecule has 1 aromatic carbocycles. The smallest absolute Gasteiger partial charge is 0.493 e. The Kier molecular flexibility index (Phi) is 3.56. The molecule has 1 aromatic heterocycles. The van der Waals surface area contributed by atoms with E-state index >= 15 is 0 Å². The summed E-state index contributed by atoms with van der Waals surface area (Å²) in [6, 6.07) is 6.97. The van der Waals surface area contributed by atoms with Gasteiger partial charge in [0.15, 0.2) is 0 Å². The van der Waals surface area contributed by atoms with Crippen molar-refractivity contribution < 1.29 is 23.9 Å².